The Kier molecular flexibility index (Phi) is 5.66. The summed E-state index contributed by atoms with van der Waals surface area (Å²) >= 11 is 0. The molecular weight excluding hydrogens is 425 g/mol. The van der Waals surface area contributed by atoms with Gasteiger partial charge in [0.05, 0.1) is 5.56 Å². The van der Waals surface area contributed by atoms with Crippen molar-refractivity contribution < 1.29 is 18.0 Å². The Balaban J connectivity index is 1.57. The molecule has 0 saturated carbocycles. The molecule has 11 heteroatoms. The molecule has 0 spiro atoms. The normalized spacial score (nSPS) is 19.3. The third-order valence-electron chi connectivity index (χ3n) is 5.42. The molecule has 3 heterocycles. The summed E-state index contributed by atoms with van der Waals surface area (Å²) in [5, 5.41) is 6.69. The minimum absolute atomic E-state index is 0.0136. The summed E-state index contributed by atoms with van der Waals surface area (Å²) in [7, 11) is 0. The molecule has 0 aliphatic carbocycles. The van der Waals surface area contributed by atoms with E-state index < -0.39 is 29.9 Å². The van der Waals surface area contributed by atoms with Gasteiger partial charge >= 0.3 is 11.9 Å². The van der Waals surface area contributed by atoms with E-state index in [2.05, 4.69) is 34.1 Å². The Morgan fingerprint density at radius 1 is 1.22 bits per heavy atom. The van der Waals surface area contributed by atoms with Gasteiger partial charge in [-0.3, -0.25) is 4.79 Å². The first-order valence-corrected chi connectivity index (χ1v) is 10.3. The van der Waals surface area contributed by atoms with Crippen LogP contribution < -0.4 is 15.9 Å². The lowest BCUT2D eigenvalue weighted by molar-refractivity contribution is -0.137. The number of rotatable bonds is 4. The number of hydrogen-bond acceptors (Lipinski definition) is 5. The number of nitrogens with one attached hydrogen (secondary N) is 1. The zero-order valence-corrected chi connectivity index (χ0v) is 17.6. The van der Waals surface area contributed by atoms with E-state index in [-0.39, 0.29) is 5.69 Å². The zero-order valence-electron chi connectivity index (χ0n) is 17.6. The van der Waals surface area contributed by atoms with Crippen LogP contribution in [0.1, 0.15) is 25.8 Å². The van der Waals surface area contributed by atoms with Crippen LogP contribution in [0, 0.1) is 11.8 Å². The molecule has 1 amide bonds. The van der Waals surface area contributed by atoms with E-state index in [1.54, 1.807) is 0 Å². The van der Waals surface area contributed by atoms with Crippen LogP contribution >= 0.6 is 0 Å². The van der Waals surface area contributed by atoms with Crippen LogP contribution in [0.15, 0.2) is 41.5 Å². The summed E-state index contributed by atoms with van der Waals surface area (Å²) in [6, 6.07) is 4.30. The minimum atomic E-state index is -4.52. The van der Waals surface area contributed by atoms with E-state index >= 15 is 0 Å². The maximum absolute atomic E-state index is 12.9. The number of anilines is 2. The molecular formula is C21H23F3N6O2. The Bertz CT molecular complexity index is 1190. The van der Waals surface area contributed by atoms with E-state index in [1.807, 2.05) is 0 Å². The lowest BCUT2D eigenvalue weighted by Crippen LogP contribution is -2.39. The fourth-order valence-corrected chi connectivity index (χ4v) is 4.21. The Labute approximate surface area is 181 Å². The molecule has 1 aliphatic heterocycles. The number of halogens is 3. The first-order valence-electron chi connectivity index (χ1n) is 10.3. The quantitative estimate of drug-likeness (QED) is 0.663. The van der Waals surface area contributed by atoms with Crippen molar-refractivity contribution in [3.63, 3.8) is 0 Å². The Morgan fingerprint density at radius 2 is 1.94 bits per heavy atom. The summed E-state index contributed by atoms with van der Waals surface area (Å²) in [4.78, 5) is 31.7. The molecule has 0 unspecified atom stereocenters. The molecule has 0 radical (unpaired) electrons. The number of carbonyl (C=O) groups excluding carboxylic acids is 1. The average Bonchev–Trinajstić information content (AvgIpc) is 3.02. The first kappa shape index (κ1) is 21.8. The van der Waals surface area contributed by atoms with Crippen molar-refractivity contribution in [2.45, 2.75) is 33.0 Å². The van der Waals surface area contributed by atoms with Gasteiger partial charge in [0.15, 0.2) is 5.82 Å². The third-order valence-corrected chi connectivity index (χ3v) is 5.42. The van der Waals surface area contributed by atoms with E-state index in [1.165, 1.54) is 28.9 Å². The lowest BCUT2D eigenvalue weighted by Gasteiger charge is -2.35. The summed E-state index contributed by atoms with van der Waals surface area (Å²) in [6.45, 7) is 5.45. The van der Waals surface area contributed by atoms with E-state index in [0.717, 1.165) is 36.3 Å². The van der Waals surface area contributed by atoms with Gasteiger partial charge in [-0.1, -0.05) is 19.9 Å². The van der Waals surface area contributed by atoms with Gasteiger partial charge in [0.2, 0.25) is 11.6 Å². The number of fused-ring (bicyclic) bond motifs is 1. The van der Waals surface area contributed by atoms with Gasteiger partial charge in [-0.15, -0.1) is 5.10 Å². The summed E-state index contributed by atoms with van der Waals surface area (Å²) in [5.41, 5.74) is -1.08. The average molecular weight is 448 g/mol. The van der Waals surface area contributed by atoms with Crippen molar-refractivity contribution >= 4 is 23.1 Å². The molecule has 1 saturated heterocycles. The fourth-order valence-electron chi connectivity index (χ4n) is 4.21. The SMILES string of the molecule is C[C@@H]1C[C@H](C)CN(c2nccn3c(=O)n(CC(=O)Nc4cccc(C(F)(F)F)c4)nc23)C1. The number of aromatic nitrogens is 4. The maximum Gasteiger partial charge on any atom is 0.416 e. The topological polar surface area (TPSA) is 84.5 Å². The zero-order chi connectivity index (χ0) is 23.0. The van der Waals surface area contributed by atoms with Crippen molar-refractivity contribution in [2.24, 2.45) is 11.8 Å². The number of carbonyl (C=O) groups is 1. The molecule has 32 heavy (non-hydrogen) atoms. The van der Waals surface area contributed by atoms with E-state index in [9.17, 15) is 22.8 Å². The number of nitrogens with zero attached hydrogens (tertiary/aromatic N) is 5. The molecule has 2 aromatic heterocycles. The van der Waals surface area contributed by atoms with Gasteiger partial charge in [-0.05, 0) is 36.5 Å². The number of alkyl halides is 3. The molecule has 1 N–H and O–H groups in total. The van der Waals surface area contributed by atoms with Gasteiger partial charge in [-0.25, -0.2) is 18.9 Å². The molecule has 1 aliphatic rings. The standard InChI is InChI=1S/C21H23F3N6O2/c1-13-8-14(2)11-28(10-13)18-19-27-30(20(32)29(19)7-6-25-18)12-17(31)26-16-5-3-4-15(9-16)21(22,23)24/h3-7,9,13-14H,8,10-12H2,1-2H3,(H,26,31)/t13-,14+. The van der Waals surface area contributed by atoms with E-state index in [4.69, 9.17) is 0 Å². The summed E-state index contributed by atoms with van der Waals surface area (Å²) < 4.78 is 41.0. The van der Waals surface area contributed by atoms with Crippen LogP contribution in [-0.4, -0.2) is 38.2 Å². The summed E-state index contributed by atoms with van der Waals surface area (Å²) in [6.07, 6.45) is -0.419. The fraction of sp³-hybridized carbons (Fsp3) is 0.429. The van der Waals surface area contributed by atoms with Crippen LogP contribution in [0.2, 0.25) is 0 Å². The van der Waals surface area contributed by atoms with Crippen molar-refractivity contribution in [2.75, 3.05) is 23.3 Å². The monoisotopic (exact) mass is 448 g/mol. The number of hydrogen-bond donors (Lipinski definition) is 1. The highest BCUT2D eigenvalue weighted by atomic mass is 19.4. The predicted octanol–water partition coefficient (Wildman–Crippen LogP) is 3.03. The van der Waals surface area contributed by atoms with Gasteiger partial charge in [-0.2, -0.15) is 13.2 Å². The second-order valence-electron chi connectivity index (χ2n) is 8.36. The number of amides is 1. The van der Waals surface area contributed by atoms with Crippen LogP contribution in [0.5, 0.6) is 0 Å². The van der Waals surface area contributed by atoms with Crippen LogP contribution in [0.3, 0.4) is 0 Å². The van der Waals surface area contributed by atoms with Crippen molar-refractivity contribution in [3.05, 3.63) is 52.7 Å². The first-order chi connectivity index (χ1) is 15.1. The van der Waals surface area contributed by atoms with Gasteiger partial charge in [0.25, 0.3) is 0 Å². The molecule has 170 valence electrons. The maximum atomic E-state index is 12.9. The smallest absolute Gasteiger partial charge is 0.353 e. The highest BCUT2D eigenvalue weighted by Gasteiger charge is 2.30. The summed E-state index contributed by atoms with van der Waals surface area (Å²) in [5.74, 6) is 0.838. The molecule has 0 bridgehead atoms. The second-order valence-corrected chi connectivity index (χ2v) is 8.36. The molecule has 2 atom stereocenters. The molecule has 3 aromatic rings. The van der Waals surface area contributed by atoms with E-state index in [0.29, 0.717) is 23.3 Å². The van der Waals surface area contributed by atoms with Crippen LogP contribution in [0.4, 0.5) is 24.7 Å². The third kappa shape index (κ3) is 4.46. The molecule has 4 rings (SSSR count). The van der Waals surface area contributed by atoms with Gasteiger partial charge in [0, 0.05) is 31.2 Å². The lowest BCUT2D eigenvalue weighted by atomic mass is 9.92. The second kappa shape index (κ2) is 8.29. The molecule has 1 aromatic carbocycles. The predicted molar refractivity (Wildman–Crippen MR) is 112 cm³/mol. The van der Waals surface area contributed by atoms with Gasteiger partial charge < -0.3 is 10.2 Å². The van der Waals surface area contributed by atoms with Crippen molar-refractivity contribution in [3.8, 4) is 0 Å². The van der Waals surface area contributed by atoms with Crippen LogP contribution in [0.25, 0.3) is 5.65 Å². The minimum Gasteiger partial charge on any atom is -0.353 e. The molecule has 1 fully saturated rings. The molecule has 8 nitrogen and oxygen atoms in total. The van der Waals surface area contributed by atoms with Gasteiger partial charge in [0.1, 0.15) is 6.54 Å². The largest absolute Gasteiger partial charge is 0.416 e. The Morgan fingerprint density at radius 3 is 2.62 bits per heavy atom. The number of benzene rings is 1. The highest BCUT2D eigenvalue weighted by Crippen LogP contribution is 2.30. The van der Waals surface area contributed by atoms with Crippen LogP contribution in [-0.2, 0) is 17.5 Å². The Hall–Kier alpha value is -3.37. The van der Waals surface area contributed by atoms with Crippen molar-refractivity contribution in [1.82, 2.24) is 19.2 Å². The van der Waals surface area contributed by atoms with Crippen molar-refractivity contribution in [1.29, 1.82) is 0 Å². The highest BCUT2D eigenvalue weighted by molar-refractivity contribution is 5.90. The number of piperidine rings is 1.